The first-order valence-electron chi connectivity index (χ1n) is 9.99. The second kappa shape index (κ2) is 8.84. The maximum atomic E-state index is 5.34. The highest BCUT2D eigenvalue weighted by molar-refractivity contribution is 7.80. The summed E-state index contributed by atoms with van der Waals surface area (Å²) in [6.07, 6.45) is 4.96. The van der Waals surface area contributed by atoms with Gasteiger partial charge in [-0.25, -0.2) is 0 Å². The van der Waals surface area contributed by atoms with Crippen LogP contribution >= 0.6 is 12.2 Å². The number of thiocarbonyl (C=S) groups is 1. The van der Waals surface area contributed by atoms with E-state index in [4.69, 9.17) is 22.2 Å². The van der Waals surface area contributed by atoms with E-state index < -0.39 is 0 Å². The quantitative estimate of drug-likeness (QED) is 0.782. The largest absolute Gasteiger partial charge is 0.363 e. The number of anilines is 3. The van der Waals surface area contributed by atoms with Gasteiger partial charge in [-0.05, 0) is 56.7 Å². The standard InChI is InChI=1S/C19H32N6S/c1-4-20-19(26)23-18-21-16(24-10-7-14(2)8-11-24)12-17(22-18)25-9-5-6-15(3)13-25/h12,14-15H,4-11,13H2,1-3H3,(H2,20,21,22,23,26)/t15-/m1/s1. The number of nitrogens with zero attached hydrogens (tertiary/aromatic N) is 4. The van der Waals surface area contributed by atoms with Gasteiger partial charge in [0.2, 0.25) is 5.95 Å². The van der Waals surface area contributed by atoms with Crippen molar-refractivity contribution in [2.75, 3.05) is 47.8 Å². The maximum Gasteiger partial charge on any atom is 0.232 e. The lowest BCUT2D eigenvalue weighted by molar-refractivity contribution is 0.435. The molecule has 0 unspecified atom stereocenters. The van der Waals surface area contributed by atoms with E-state index in [1.54, 1.807) is 0 Å². The Kier molecular flexibility index (Phi) is 6.51. The van der Waals surface area contributed by atoms with Crippen molar-refractivity contribution in [3.63, 3.8) is 0 Å². The molecule has 1 atom stereocenters. The molecule has 0 spiro atoms. The molecular formula is C19H32N6S. The first-order valence-corrected chi connectivity index (χ1v) is 10.4. The Morgan fingerprint density at radius 2 is 1.77 bits per heavy atom. The third-order valence-electron chi connectivity index (χ3n) is 5.35. The van der Waals surface area contributed by atoms with E-state index >= 15 is 0 Å². The van der Waals surface area contributed by atoms with E-state index in [9.17, 15) is 0 Å². The first kappa shape index (κ1) is 19.1. The van der Waals surface area contributed by atoms with Crippen LogP contribution in [0.1, 0.15) is 46.5 Å². The molecule has 1 aromatic heterocycles. The first-order chi connectivity index (χ1) is 12.5. The van der Waals surface area contributed by atoms with Crippen LogP contribution in [0.3, 0.4) is 0 Å². The molecule has 144 valence electrons. The van der Waals surface area contributed by atoms with Crippen LogP contribution in [0.2, 0.25) is 0 Å². The molecule has 2 aliphatic rings. The molecule has 6 nitrogen and oxygen atoms in total. The lowest BCUT2D eigenvalue weighted by atomic mass is 9.99. The molecule has 7 heteroatoms. The number of aromatic nitrogens is 2. The van der Waals surface area contributed by atoms with Crippen LogP contribution in [0.15, 0.2) is 6.07 Å². The number of piperidine rings is 2. The lowest BCUT2D eigenvalue weighted by Gasteiger charge is -2.34. The van der Waals surface area contributed by atoms with Gasteiger partial charge in [-0.2, -0.15) is 9.97 Å². The van der Waals surface area contributed by atoms with Gasteiger partial charge in [0, 0.05) is 38.8 Å². The van der Waals surface area contributed by atoms with Gasteiger partial charge >= 0.3 is 0 Å². The van der Waals surface area contributed by atoms with Gasteiger partial charge in [-0.1, -0.05) is 13.8 Å². The summed E-state index contributed by atoms with van der Waals surface area (Å²) in [4.78, 5) is 14.3. The van der Waals surface area contributed by atoms with Crippen LogP contribution in [-0.2, 0) is 0 Å². The van der Waals surface area contributed by atoms with E-state index in [2.05, 4.69) is 40.3 Å². The summed E-state index contributed by atoms with van der Waals surface area (Å²) in [5.74, 6) is 4.14. The lowest BCUT2D eigenvalue weighted by Crippen LogP contribution is -2.37. The zero-order valence-electron chi connectivity index (χ0n) is 16.3. The van der Waals surface area contributed by atoms with E-state index in [0.717, 1.165) is 50.3 Å². The van der Waals surface area contributed by atoms with Crippen molar-refractivity contribution in [1.82, 2.24) is 15.3 Å². The molecule has 26 heavy (non-hydrogen) atoms. The van der Waals surface area contributed by atoms with Crippen molar-refractivity contribution in [3.05, 3.63) is 6.07 Å². The fourth-order valence-corrected chi connectivity index (χ4v) is 3.98. The minimum Gasteiger partial charge on any atom is -0.363 e. The van der Waals surface area contributed by atoms with Gasteiger partial charge in [-0.3, -0.25) is 0 Å². The van der Waals surface area contributed by atoms with Crippen molar-refractivity contribution >= 4 is 34.9 Å². The Labute approximate surface area is 162 Å². The number of hydrogen-bond acceptors (Lipinski definition) is 5. The van der Waals surface area contributed by atoms with Crippen LogP contribution < -0.4 is 20.4 Å². The van der Waals surface area contributed by atoms with Crippen LogP contribution in [0.4, 0.5) is 17.6 Å². The highest BCUT2D eigenvalue weighted by atomic mass is 32.1. The molecule has 0 amide bonds. The summed E-state index contributed by atoms with van der Waals surface area (Å²) in [5, 5.41) is 6.86. The van der Waals surface area contributed by atoms with Crippen LogP contribution in [0.25, 0.3) is 0 Å². The average molecular weight is 377 g/mol. The zero-order chi connectivity index (χ0) is 18.5. The van der Waals surface area contributed by atoms with Crippen molar-refractivity contribution in [2.45, 2.75) is 46.5 Å². The summed E-state index contributed by atoms with van der Waals surface area (Å²) in [7, 11) is 0. The highest BCUT2D eigenvalue weighted by Crippen LogP contribution is 2.28. The third-order valence-corrected chi connectivity index (χ3v) is 5.60. The third kappa shape index (κ3) is 4.96. The van der Waals surface area contributed by atoms with Crippen molar-refractivity contribution in [2.24, 2.45) is 11.8 Å². The van der Waals surface area contributed by atoms with Gasteiger partial charge in [0.25, 0.3) is 0 Å². The van der Waals surface area contributed by atoms with Crippen molar-refractivity contribution in [3.8, 4) is 0 Å². The predicted octanol–water partition coefficient (Wildman–Crippen LogP) is 3.26. The average Bonchev–Trinajstić information content (AvgIpc) is 2.62. The molecule has 2 aliphatic heterocycles. The monoisotopic (exact) mass is 376 g/mol. The molecule has 0 aromatic carbocycles. The Hall–Kier alpha value is -1.63. The van der Waals surface area contributed by atoms with Gasteiger partial charge in [0.15, 0.2) is 5.11 Å². The Bertz CT molecular complexity index is 614. The van der Waals surface area contributed by atoms with Gasteiger partial charge in [0.05, 0.1) is 0 Å². The molecule has 0 aliphatic carbocycles. The maximum absolute atomic E-state index is 5.34. The molecule has 3 heterocycles. The van der Waals surface area contributed by atoms with E-state index in [-0.39, 0.29) is 0 Å². The minimum atomic E-state index is 0.579. The molecule has 3 rings (SSSR count). The topological polar surface area (TPSA) is 56.3 Å². The van der Waals surface area contributed by atoms with Crippen LogP contribution in [-0.4, -0.2) is 47.8 Å². The minimum absolute atomic E-state index is 0.579. The molecule has 0 radical (unpaired) electrons. The summed E-state index contributed by atoms with van der Waals surface area (Å²) in [6, 6.07) is 2.16. The number of nitrogens with one attached hydrogen (secondary N) is 2. The number of hydrogen-bond donors (Lipinski definition) is 2. The van der Waals surface area contributed by atoms with E-state index in [1.807, 2.05) is 6.92 Å². The number of rotatable bonds is 4. The van der Waals surface area contributed by atoms with Crippen LogP contribution in [0.5, 0.6) is 0 Å². The molecule has 2 fully saturated rings. The van der Waals surface area contributed by atoms with E-state index in [1.165, 1.54) is 25.7 Å². The Morgan fingerprint density at radius 1 is 1.08 bits per heavy atom. The van der Waals surface area contributed by atoms with Crippen molar-refractivity contribution in [1.29, 1.82) is 0 Å². The summed E-state index contributed by atoms with van der Waals surface area (Å²) >= 11 is 5.34. The van der Waals surface area contributed by atoms with Gasteiger partial charge in [0.1, 0.15) is 11.6 Å². The van der Waals surface area contributed by atoms with Crippen LogP contribution in [0, 0.1) is 11.8 Å². The second-order valence-corrected chi connectivity index (χ2v) is 8.16. The van der Waals surface area contributed by atoms with E-state index in [0.29, 0.717) is 17.0 Å². The predicted molar refractivity (Wildman–Crippen MR) is 113 cm³/mol. The smallest absolute Gasteiger partial charge is 0.232 e. The molecule has 1 aromatic rings. The van der Waals surface area contributed by atoms with Crippen molar-refractivity contribution < 1.29 is 0 Å². The summed E-state index contributed by atoms with van der Waals surface area (Å²) < 4.78 is 0. The normalized spacial score (nSPS) is 21.6. The second-order valence-electron chi connectivity index (χ2n) is 7.76. The fourth-order valence-electron chi connectivity index (χ4n) is 3.74. The molecule has 2 saturated heterocycles. The summed E-state index contributed by atoms with van der Waals surface area (Å²) in [6.45, 7) is 11.7. The Morgan fingerprint density at radius 3 is 2.42 bits per heavy atom. The van der Waals surface area contributed by atoms with Gasteiger partial charge < -0.3 is 20.4 Å². The molecule has 0 bridgehead atoms. The highest BCUT2D eigenvalue weighted by Gasteiger charge is 2.22. The Balaban J connectivity index is 1.84. The molecular weight excluding hydrogens is 344 g/mol. The summed E-state index contributed by atoms with van der Waals surface area (Å²) in [5.41, 5.74) is 0. The molecule has 0 saturated carbocycles. The fraction of sp³-hybridized carbons (Fsp3) is 0.737. The molecule has 2 N–H and O–H groups in total. The SMILES string of the molecule is CCNC(=S)Nc1nc(N2CCC(C)CC2)cc(N2CCC[C@@H](C)C2)n1. The van der Waals surface area contributed by atoms with Gasteiger partial charge in [-0.15, -0.1) is 0 Å². The zero-order valence-corrected chi connectivity index (χ0v) is 17.1.